The molecule has 0 aliphatic rings. The van der Waals surface area contributed by atoms with Gasteiger partial charge in [0.25, 0.3) is 0 Å². The lowest BCUT2D eigenvalue weighted by molar-refractivity contribution is 0.748. The van der Waals surface area contributed by atoms with Crippen LogP contribution in [0.5, 0.6) is 0 Å². The SMILES string of the molecule is CC(C)c1c2cnccc2cn1C. The van der Waals surface area contributed by atoms with Crippen LogP contribution in [0, 0.1) is 0 Å². The van der Waals surface area contributed by atoms with Crippen LogP contribution >= 0.6 is 0 Å². The molecule has 2 aromatic rings. The van der Waals surface area contributed by atoms with E-state index in [1.165, 1.54) is 16.5 Å². The summed E-state index contributed by atoms with van der Waals surface area (Å²) in [4.78, 5) is 4.16. The number of hydrogen-bond acceptors (Lipinski definition) is 1. The average molecular weight is 174 g/mol. The first-order chi connectivity index (χ1) is 6.20. The molecular formula is C11H14N2. The van der Waals surface area contributed by atoms with Gasteiger partial charge in [-0.3, -0.25) is 4.98 Å². The molecule has 2 rings (SSSR count). The van der Waals surface area contributed by atoms with Crippen molar-refractivity contribution in [3.05, 3.63) is 30.4 Å². The summed E-state index contributed by atoms with van der Waals surface area (Å²) in [6, 6.07) is 2.06. The summed E-state index contributed by atoms with van der Waals surface area (Å²) in [5, 5.41) is 2.56. The minimum Gasteiger partial charge on any atom is -0.353 e. The highest BCUT2D eigenvalue weighted by Gasteiger charge is 2.09. The zero-order chi connectivity index (χ0) is 9.42. The lowest BCUT2D eigenvalue weighted by atomic mass is 10.1. The van der Waals surface area contributed by atoms with Gasteiger partial charge in [-0.15, -0.1) is 0 Å². The Hall–Kier alpha value is -1.31. The van der Waals surface area contributed by atoms with E-state index in [1.807, 2.05) is 12.4 Å². The second-order valence-electron chi connectivity index (χ2n) is 3.74. The molecule has 0 saturated heterocycles. The molecule has 2 heterocycles. The zero-order valence-corrected chi connectivity index (χ0v) is 8.28. The van der Waals surface area contributed by atoms with Crippen molar-refractivity contribution >= 4 is 10.8 Å². The monoisotopic (exact) mass is 174 g/mol. The fourth-order valence-corrected chi connectivity index (χ4v) is 1.92. The maximum Gasteiger partial charge on any atom is 0.0364 e. The molecule has 0 saturated carbocycles. The number of aromatic nitrogens is 2. The van der Waals surface area contributed by atoms with E-state index in [-0.39, 0.29) is 0 Å². The Bertz CT molecular complexity index is 427. The maximum atomic E-state index is 4.16. The highest BCUT2D eigenvalue weighted by molar-refractivity contribution is 5.84. The zero-order valence-electron chi connectivity index (χ0n) is 8.28. The third-order valence-corrected chi connectivity index (χ3v) is 2.39. The standard InChI is InChI=1S/C11H14N2/c1-8(2)11-10-6-12-5-4-9(10)7-13(11)3/h4-8H,1-3H3. The molecule has 0 spiro atoms. The average Bonchev–Trinajstić information content (AvgIpc) is 2.39. The summed E-state index contributed by atoms with van der Waals surface area (Å²) in [5.74, 6) is 0.548. The normalized spacial score (nSPS) is 11.4. The van der Waals surface area contributed by atoms with Crippen molar-refractivity contribution in [1.82, 2.24) is 9.55 Å². The van der Waals surface area contributed by atoms with Gasteiger partial charge in [-0.2, -0.15) is 0 Å². The second kappa shape index (κ2) is 2.87. The van der Waals surface area contributed by atoms with E-state index >= 15 is 0 Å². The quantitative estimate of drug-likeness (QED) is 0.650. The molecule has 0 aliphatic carbocycles. The van der Waals surface area contributed by atoms with Crippen molar-refractivity contribution in [1.29, 1.82) is 0 Å². The van der Waals surface area contributed by atoms with E-state index in [0.717, 1.165) is 0 Å². The minimum atomic E-state index is 0.548. The molecule has 0 atom stereocenters. The smallest absolute Gasteiger partial charge is 0.0364 e. The Morgan fingerprint density at radius 1 is 1.38 bits per heavy atom. The van der Waals surface area contributed by atoms with Crippen LogP contribution in [0.1, 0.15) is 25.5 Å². The molecule has 0 bridgehead atoms. The number of fused-ring (bicyclic) bond motifs is 1. The predicted octanol–water partition coefficient (Wildman–Crippen LogP) is 2.70. The van der Waals surface area contributed by atoms with Crippen LogP contribution in [0.2, 0.25) is 0 Å². The van der Waals surface area contributed by atoms with Gasteiger partial charge in [-0.05, 0) is 12.0 Å². The van der Waals surface area contributed by atoms with Crippen LogP contribution in [0.4, 0.5) is 0 Å². The molecule has 0 amide bonds. The van der Waals surface area contributed by atoms with E-state index in [4.69, 9.17) is 0 Å². The lowest BCUT2D eigenvalue weighted by Gasteiger charge is -2.06. The van der Waals surface area contributed by atoms with E-state index in [1.54, 1.807) is 0 Å². The van der Waals surface area contributed by atoms with Gasteiger partial charge in [0.05, 0.1) is 0 Å². The van der Waals surface area contributed by atoms with Crippen LogP contribution in [0.25, 0.3) is 10.8 Å². The van der Waals surface area contributed by atoms with Gasteiger partial charge < -0.3 is 4.57 Å². The van der Waals surface area contributed by atoms with E-state index in [2.05, 4.69) is 42.7 Å². The van der Waals surface area contributed by atoms with Crippen LogP contribution in [0.15, 0.2) is 24.7 Å². The number of hydrogen-bond donors (Lipinski definition) is 0. The Morgan fingerprint density at radius 2 is 2.15 bits per heavy atom. The first-order valence-electron chi connectivity index (χ1n) is 4.59. The summed E-state index contributed by atoms with van der Waals surface area (Å²) >= 11 is 0. The highest BCUT2D eigenvalue weighted by atomic mass is 14.9. The number of aryl methyl sites for hydroxylation is 1. The molecule has 68 valence electrons. The molecule has 0 aliphatic heterocycles. The lowest BCUT2D eigenvalue weighted by Crippen LogP contribution is -1.96. The largest absolute Gasteiger partial charge is 0.353 e. The summed E-state index contributed by atoms with van der Waals surface area (Å²) in [5.41, 5.74) is 1.36. The molecule has 0 fully saturated rings. The van der Waals surface area contributed by atoms with Crippen molar-refractivity contribution in [3.8, 4) is 0 Å². The van der Waals surface area contributed by atoms with E-state index < -0.39 is 0 Å². The molecule has 0 radical (unpaired) electrons. The third-order valence-electron chi connectivity index (χ3n) is 2.39. The minimum absolute atomic E-state index is 0.548. The van der Waals surface area contributed by atoms with Gasteiger partial charge >= 0.3 is 0 Å². The Balaban J connectivity index is 2.78. The number of pyridine rings is 1. The first-order valence-corrected chi connectivity index (χ1v) is 4.59. The van der Waals surface area contributed by atoms with Crippen molar-refractivity contribution < 1.29 is 0 Å². The molecule has 0 aromatic carbocycles. The third kappa shape index (κ3) is 1.22. The summed E-state index contributed by atoms with van der Waals surface area (Å²) in [6.07, 6.45) is 5.95. The van der Waals surface area contributed by atoms with Crippen LogP contribution in [-0.4, -0.2) is 9.55 Å². The highest BCUT2D eigenvalue weighted by Crippen LogP contribution is 2.25. The Morgan fingerprint density at radius 3 is 2.85 bits per heavy atom. The van der Waals surface area contributed by atoms with Gasteiger partial charge in [0, 0.05) is 42.1 Å². The van der Waals surface area contributed by atoms with Crippen LogP contribution in [-0.2, 0) is 7.05 Å². The first kappa shape index (κ1) is 8.30. The topological polar surface area (TPSA) is 17.8 Å². The predicted molar refractivity (Wildman–Crippen MR) is 54.8 cm³/mol. The van der Waals surface area contributed by atoms with Crippen molar-refractivity contribution in [2.24, 2.45) is 7.05 Å². The fraction of sp³-hybridized carbons (Fsp3) is 0.364. The number of rotatable bonds is 1. The molecule has 13 heavy (non-hydrogen) atoms. The van der Waals surface area contributed by atoms with Gasteiger partial charge in [-0.25, -0.2) is 0 Å². The molecular weight excluding hydrogens is 160 g/mol. The maximum absolute atomic E-state index is 4.16. The van der Waals surface area contributed by atoms with Crippen molar-refractivity contribution in [2.45, 2.75) is 19.8 Å². The van der Waals surface area contributed by atoms with Crippen LogP contribution < -0.4 is 0 Å². The Kier molecular flexibility index (Phi) is 1.83. The summed E-state index contributed by atoms with van der Waals surface area (Å²) in [6.45, 7) is 4.42. The van der Waals surface area contributed by atoms with Crippen molar-refractivity contribution in [2.75, 3.05) is 0 Å². The van der Waals surface area contributed by atoms with Gasteiger partial charge in [-0.1, -0.05) is 13.8 Å². The molecule has 2 aromatic heterocycles. The molecule has 2 nitrogen and oxygen atoms in total. The molecule has 2 heteroatoms. The van der Waals surface area contributed by atoms with Crippen molar-refractivity contribution in [3.63, 3.8) is 0 Å². The summed E-state index contributed by atoms with van der Waals surface area (Å²) in [7, 11) is 2.09. The Labute approximate surface area is 78.2 Å². The van der Waals surface area contributed by atoms with E-state index in [0.29, 0.717) is 5.92 Å². The van der Waals surface area contributed by atoms with Gasteiger partial charge in [0.15, 0.2) is 0 Å². The van der Waals surface area contributed by atoms with E-state index in [9.17, 15) is 0 Å². The molecule has 0 N–H and O–H groups in total. The fourth-order valence-electron chi connectivity index (χ4n) is 1.92. The molecule has 0 unspecified atom stereocenters. The van der Waals surface area contributed by atoms with Crippen LogP contribution in [0.3, 0.4) is 0 Å². The van der Waals surface area contributed by atoms with Gasteiger partial charge in [0.1, 0.15) is 0 Å². The summed E-state index contributed by atoms with van der Waals surface area (Å²) < 4.78 is 2.19. The number of nitrogens with zero attached hydrogens (tertiary/aromatic N) is 2. The van der Waals surface area contributed by atoms with Gasteiger partial charge in [0.2, 0.25) is 0 Å². The second-order valence-corrected chi connectivity index (χ2v) is 3.74.